The van der Waals surface area contributed by atoms with Crippen LogP contribution in [-0.2, 0) is 23.8 Å². The molecule has 0 radical (unpaired) electrons. The van der Waals surface area contributed by atoms with Gasteiger partial charge in [0, 0.05) is 5.57 Å². The zero-order valence-electron chi connectivity index (χ0n) is 17.1. The molecule has 0 atom stereocenters. The van der Waals surface area contributed by atoms with Crippen LogP contribution in [0.3, 0.4) is 0 Å². The van der Waals surface area contributed by atoms with Crippen LogP contribution in [0, 0.1) is 35.5 Å². The van der Waals surface area contributed by atoms with Crippen LogP contribution in [0.5, 0.6) is 0 Å². The molecule has 5 aliphatic carbocycles. The number of carbonyl (C=O) groups excluding carboxylic acids is 2. The third kappa shape index (κ3) is 4.45. The minimum absolute atomic E-state index is 0.0756. The molecule has 0 aromatic carbocycles. The van der Waals surface area contributed by atoms with Crippen molar-refractivity contribution < 1.29 is 23.8 Å². The Labute approximate surface area is 168 Å². The smallest absolute Gasteiger partial charge is 0.333 e. The lowest BCUT2D eigenvalue weighted by Crippen LogP contribution is -2.46. The summed E-state index contributed by atoms with van der Waals surface area (Å²) in [7, 11) is 0. The summed E-state index contributed by atoms with van der Waals surface area (Å²) in [5.74, 6) is 3.67. The second-order valence-electron chi connectivity index (χ2n) is 9.71. The van der Waals surface area contributed by atoms with E-state index in [-0.39, 0.29) is 30.8 Å². The van der Waals surface area contributed by atoms with E-state index in [4.69, 9.17) is 14.2 Å². The molecule has 0 aliphatic heterocycles. The standard InChI is InChI=1S/C23H34O5/c1-14(2)22(24)28-20-5-3-17(4-6-20)23(25)27-13-26-12-21-18-8-15-7-16(10-18)11-19(21)9-15/h15-21H,1,3-13H2,2H3. The van der Waals surface area contributed by atoms with E-state index >= 15 is 0 Å². The zero-order valence-corrected chi connectivity index (χ0v) is 17.1. The highest BCUT2D eigenvalue weighted by Gasteiger charge is 2.48. The topological polar surface area (TPSA) is 61.8 Å². The van der Waals surface area contributed by atoms with E-state index in [2.05, 4.69) is 6.58 Å². The van der Waals surface area contributed by atoms with Crippen LogP contribution in [0.4, 0.5) is 0 Å². The van der Waals surface area contributed by atoms with E-state index in [0.29, 0.717) is 37.2 Å². The summed E-state index contributed by atoms with van der Waals surface area (Å²) >= 11 is 0. The number of hydrogen-bond acceptors (Lipinski definition) is 5. The zero-order chi connectivity index (χ0) is 19.7. The first kappa shape index (κ1) is 19.9. The Morgan fingerprint density at radius 2 is 1.54 bits per heavy atom. The summed E-state index contributed by atoms with van der Waals surface area (Å²) in [6.45, 7) is 6.07. The minimum atomic E-state index is -0.343. The van der Waals surface area contributed by atoms with E-state index in [0.717, 1.165) is 30.3 Å². The van der Waals surface area contributed by atoms with E-state index in [9.17, 15) is 9.59 Å². The fraction of sp³-hybridized carbons (Fsp3) is 0.826. The maximum absolute atomic E-state index is 12.3. The normalized spacial score (nSPS) is 38.8. The van der Waals surface area contributed by atoms with Crippen LogP contribution >= 0.6 is 0 Å². The largest absolute Gasteiger partial charge is 0.459 e. The first-order valence-corrected chi connectivity index (χ1v) is 11.1. The van der Waals surface area contributed by atoms with Crippen LogP contribution in [0.25, 0.3) is 0 Å². The average Bonchev–Trinajstić information content (AvgIpc) is 2.66. The molecule has 0 spiro atoms. The van der Waals surface area contributed by atoms with Gasteiger partial charge in [-0.05, 0) is 94.3 Å². The first-order valence-electron chi connectivity index (χ1n) is 11.1. The molecule has 0 N–H and O–H groups in total. The Balaban J connectivity index is 1.12. The van der Waals surface area contributed by atoms with Crippen molar-refractivity contribution in [2.75, 3.05) is 13.4 Å². The van der Waals surface area contributed by atoms with Gasteiger partial charge in [0.25, 0.3) is 0 Å². The molecule has 156 valence electrons. The second kappa shape index (κ2) is 8.56. The van der Waals surface area contributed by atoms with Gasteiger partial charge in [0.2, 0.25) is 0 Å². The third-order valence-corrected chi connectivity index (χ3v) is 7.65. The molecular weight excluding hydrogens is 356 g/mol. The van der Waals surface area contributed by atoms with Gasteiger partial charge in [-0.3, -0.25) is 4.79 Å². The Bertz CT molecular complexity index is 576. The molecule has 5 nitrogen and oxygen atoms in total. The maximum atomic E-state index is 12.3. The monoisotopic (exact) mass is 390 g/mol. The fourth-order valence-corrected chi connectivity index (χ4v) is 6.38. The van der Waals surface area contributed by atoms with Crippen molar-refractivity contribution in [3.8, 4) is 0 Å². The number of carbonyl (C=O) groups is 2. The van der Waals surface area contributed by atoms with Crippen LogP contribution in [0.1, 0.15) is 64.7 Å². The van der Waals surface area contributed by atoms with Gasteiger partial charge in [0.1, 0.15) is 6.10 Å². The molecule has 0 saturated heterocycles. The molecule has 5 saturated carbocycles. The molecule has 5 heteroatoms. The molecule has 0 heterocycles. The summed E-state index contributed by atoms with van der Waals surface area (Å²) < 4.78 is 16.6. The van der Waals surface area contributed by atoms with Gasteiger partial charge in [0.05, 0.1) is 12.5 Å². The van der Waals surface area contributed by atoms with Gasteiger partial charge in [-0.25, -0.2) is 4.79 Å². The molecule has 4 bridgehead atoms. The van der Waals surface area contributed by atoms with Gasteiger partial charge in [-0.1, -0.05) is 6.58 Å². The lowest BCUT2D eigenvalue weighted by Gasteiger charge is -2.54. The van der Waals surface area contributed by atoms with E-state index in [1.807, 2.05) is 0 Å². The molecular formula is C23H34O5. The fourth-order valence-electron chi connectivity index (χ4n) is 6.38. The van der Waals surface area contributed by atoms with Gasteiger partial charge < -0.3 is 14.2 Å². The average molecular weight is 391 g/mol. The van der Waals surface area contributed by atoms with E-state index in [1.165, 1.54) is 32.1 Å². The Kier molecular flexibility index (Phi) is 6.10. The molecule has 5 fully saturated rings. The molecule has 5 aliphatic rings. The van der Waals surface area contributed by atoms with E-state index in [1.54, 1.807) is 6.92 Å². The van der Waals surface area contributed by atoms with E-state index < -0.39 is 0 Å². The van der Waals surface area contributed by atoms with Crippen LogP contribution in [0.2, 0.25) is 0 Å². The summed E-state index contributed by atoms with van der Waals surface area (Å²) in [5, 5.41) is 0. The first-order chi connectivity index (χ1) is 13.5. The van der Waals surface area contributed by atoms with Crippen molar-refractivity contribution >= 4 is 11.9 Å². The predicted octanol–water partition coefficient (Wildman–Crippen LogP) is 4.25. The molecule has 5 rings (SSSR count). The van der Waals surface area contributed by atoms with Gasteiger partial charge in [0.15, 0.2) is 6.79 Å². The van der Waals surface area contributed by atoms with Crippen molar-refractivity contribution in [3.63, 3.8) is 0 Å². The van der Waals surface area contributed by atoms with Crippen molar-refractivity contribution in [3.05, 3.63) is 12.2 Å². The number of ether oxygens (including phenoxy) is 3. The Morgan fingerprint density at radius 1 is 0.929 bits per heavy atom. The van der Waals surface area contributed by atoms with Gasteiger partial charge in [-0.15, -0.1) is 0 Å². The van der Waals surface area contributed by atoms with Crippen molar-refractivity contribution in [1.82, 2.24) is 0 Å². The lowest BCUT2D eigenvalue weighted by atomic mass is 9.52. The van der Waals surface area contributed by atoms with Crippen molar-refractivity contribution in [2.24, 2.45) is 35.5 Å². The van der Waals surface area contributed by atoms with Crippen molar-refractivity contribution in [2.45, 2.75) is 70.8 Å². The highest BCUT2D eigenvalue weighted by atomic mass is 16.7. The molecule has 0 aromatic rings. The highest BCUT2D eigenvalue weighted by Crippen LogP contribution is 2.56. The predicted molar refractivity (Wildman–Crippen MR) is 104 cm³/mol. The lowest BCUT2D eigenvalue weighted by molar-refractivity contribution is -0.168. The minimum Gasteiger partial charge on any atom is -0.459 e. The highest BCUT2D eigenvalue weighted by molar-refractivity contribution is 5.87. The SMILES string of the molecule is C=C(C)C(=O)OC1CCC(C(=O)OCOCC2C3CC4CC(C3)CC2C4)CC1. The number of rotatable bonds is 7. The second-order valence-corrected chi connectivity index (χ2v) is 9.71. The molecule has 0 unspecified atom stereocenters. The number of hydrogen-bond donors (Lipinski definition) is 0. The Morgan fingerprint density at radius 3 is 2.11 bits per heavy atom. The van der Waals surface area contributed by atoms with Gasteiger partial charge in [-0.2, -0.15) is 0 Å². The molecule has 0 aromatic heterocycles. The van der Waals surface area contributed by atoms with Gasteiger partial charge >= 0.3 is 11.9 Å². The quantitative estimate of drug-likeness (QED) is 0.281. The van der Waals surface area contributed by atoms with Crippen molar-refractivity contribution in [1.29, 1.82) is 0 Å². The molecule has 28 heavy (non-hydrogen) atoms. The molecule has 0 amide bonds. The summed E-state index contributed by atoms with van der Waals surface area (Å²) in [6.07, 6.45) is 9.71. The summed E-state index contributed by atoms with van der Waals surface area (Å²) in [4.78, 5) is 23.9. The van der Waals surface area contributed by atoms with Crippen LogP contribution in [0.15, 0.2) is 12.2 Å². The van der Waals surface area contributed by atoms with Crippen LogP contribution in [-0.4, -0.2) is 31.4 Å². The summed E-state index contributed by atoms with van der Waals surface area (Å²) in [6, 6.07) is 0. The summed E-state index contributed by atoms with van der Waals surface area (Å²) in [5.41, 5.74) is 0.415. The Hall–Kier alpha value is -1.36. The third-order valence-electron chi connectivity index (χ3n) is 7.65. The van der Waals surface area contributed by atoms with Crippen LogP contribution < -0.4 is 0 Å². The number of esters is 2. The maximum Gasteiger partial charge on any atom is 0.333 e.